The van der Waals surface area contributed by atoms with Crippen molar-refractivity contribution < 1.29 is 9.59 Å². The Balaban J connectivity index is 3.73. The molecule has 0 aliphatic rings. The minimum absolute atomic E-state index is 0.371. The third kappa shape index (κ3) is 3.45. The Kier molecular flexibility index (Phi) is 4.03. The molecule has 0 aromatic carbocycles. The maximum Gasteiger partial charge on any atom is 0.244 e. The van der Waals surface area contributed by atoms with Crippen molar-refractivity contribution >= 4 is 23.4 Å². The zero-order valence-electron chi connectivity index (χ0n) is 5.98. The minimum atomic E-state index is -0.594. The number of imide groups is 1. The fraction of sp³-hybridized carbons (Fsp3) is 0.667. The first-order chi connectivity index (χ1) is 4.57. The molecule has 1 atom stereocenters. The molecule has 0 aromatic heterocycles. The topological polar surface area (TPSA) is 46.2 Å². The number of halogens is 1. The summed E-state index contributed by atoms with van der Waals surface area (Å²) < 4.78 is 0. The Morgan fingerprint density at radius 3 is 2.40 bits per heavy atom. The van der Waals surface area contributed by atoms with E-state index in [1.54, 1.807) is 6.92 Å². The van der Waals surface area contributed by atoms with Gasteiger partial charge in [0.15, 0.2) is 0 Å². The number of carbonyl (C=O) groups is 2. The van der Waals surface area contributed by atoms with Crippen LogP contribution >= 0.6 is 11.6 Å². The molecule has 0 aliphatic heterocycles. The molecule has 0 spiro atoms. The second kappa shape index (κ2) is 4.28. The first kappa shape index (κ1) is 9.43. The van der Waals surface area contributed by atoms with Crippen molar-refractivity contribution in [3.8, 4) is 0 Å². The molecule has 1 unspecified atom stereocenters. The monoisotopic (exact) mass is 163 g/mol. The van der Waals surface area contributed by atoms with Crippen LogP contribution in [0.3, 0.4) is 0 Å². The predicted octanol–water partition coefficient (Wildman–Crippen LogP) is 0.666. The molecule has 0 fully saturated rings. The van der Waals surface area contributed by atoms with Gasteiger partial charge in [-0.3, -0.25) is 14.9 Å². The molecule has 0 saturated heterocycles. The highest BCUT2D eigenvalue weighted by atomic mass is 35.5. The molecule has 0 bridgehead atoms. The highest BCUT2D eigenvalue weighted by Gasteiger charge is 2.12. The van der Waals surface area contributed by atoms with E-state index >= 15 is 0 Å². The average molecular weight is 164 g/mol. The minimum Gasteiger partial charge on any atom is -0.295 e. The number of hydrogen-bond donors (Lipinski definition) is 1. The Labute approximate surface area is 64.7 Å². The van der Waals surface area contributed by atoms with Gasteiger partial charge in [0.2, 0.25) is 11.8 Å². The van der Waals surface area contributed by atoms with Gasteiger partial charge >= 0.3 is 0 Å². The first-order valence-corrected chi connectivity index (χ1v) is 3.47. The van der Waals surface area contributed by atoms with Gasteiger partial charge in [-0.2, -0.15) is 0 Å². The number of alkyl halides is 1. The van der Waals surface area contributed by atoms with Crippen LogP contribution in [0, 0.1) is 0 Å². The van der Waals surface area contributed by atoms with E-state index in [-0.39, 0.29) is 5.91 Å². The fourth-order valence-electron chi connectivity index (χ4n) is 0.437. The molecule has 0 rings (SSSR count). The van der Waals surface area contributed by atoms with Gasteiger partial charge in [-0.1, -0.05) is 6.92 Å². The van der Waals surface area contributed by atoms with Gasteiger partial charge in [0, 0.05) is 6.92 Å². The Morgan fingerprint density at radius 2 is 2.10 bits per heavy atom. The number of rotatable bonds is 2. The third-order valence-electron chi connectivity index (χ3n) is 0.942. The van der Waals surface area contributed by atoms with Gasteiger partial charge in [0.25, 0.3) is 0 Å². The van der Waals surface area contributed by atoms with E-state index in [9.17, 15) is 9.59 Å². The Bertz CT molecular complexity index is 147. The normalized spacial score (nSPS) is 12.3. The van der Waals surface area contributed by atoms with E-state index in [0.717, 1.165) is 0 Å². The highest BCUT2D eigenvalue weighted by molar-refractivity contribution is 6.31. The maximum absolute atomic E-state index is 10.7. The summed E-state index contributed by atoms with van der Waals surface area (Å²) in [6, 6.07) is 0. The van der Waals surface area contributed by atoms with Crippen LogP contribution in [-0.4, -0.2) is 17.2 Å². The zero-order chi connectivity index (χ0) is 8.15. The van der Waals surface area contributed by atoms with E-state index in [0.29, 0.717) is 6.42 Å². The molecule has 3 nitrogen and oxygen atoms in total. The molecule has 10 heavy (non-hydrogen) atoms. The number of carbonyl (C=O) groups excluding carboxylic acids is 2. The van der Waals surface area contributed by atoms with Crippen molar-refractivity contribution in [1.29, 1.82) is 0 Å². The smallest absolute Gasteiger partial charge is 0.244 e. The van der Waals surface area contributed by atoms with Gasteiger partial charge in [0.1, 0.15) is 5.38 Å². The van der Waals surface area contributed by atoms with Gasteiger partial charge in [-0.05, 0) is 6.42 Å². The summed E-state index contributed by atoms with van der Waals surface area (Å²) in [5, 5.41) is 1.49. The molecule has 0 saturated carbocycles. The molecule has 0 aromatic rings. The molecule has 0 aliphatic carbocycles. The fourth-order valence-corrected chi connectivity index (χ4v) is 0.492. The summed E-state index contributed by atoms with van der Waals surface area (Å²) in [6.45, 7) is 3.05. The van der Waals surface area contributed by atoms with Crippen molar-refractivity contribution in [3.63, 3.8) is 0 Å². The van der Waals surface area contributed by atoms with Crippen LogP contribution in [0.1, 0.15) is 20.3 Å². The second-order valence-corrected chi connectivity index (χ2v) is 2.45. The number of amides is 2. The maximum atomic E-state index is 10.7. The quantitative estimate of drug-likeness (QED) is 0.609. The third-order valence-corrected chi connectivity index (χ3v) is 1.45. The lowest BCUT2D eigenvalue weighted by Gasteiger charge is -2.03. The van der Waals surface area contributed by atoms with E-state index in [4.69, 9.17) is 11.6 Å². The van der Waals surface area contributed by atoms with Gasteiger partial charge in [0.05, 0.1) is 0 Å². The van der Waals surface area contributed by atoms with Gasteiger partial charge in [-0.15, -0.1) is 11.6 Å². The van der Waals surface area contributed by atoms with Crippen molar-refractivity contribution in [3.05, 3.63) is 0 Å². The summed E-state index contributed by atoms with van der Waals surface area (Å²) in [5.41, 5.74) is 0. The lowest BCUT2D eigenvalue weighted by molar-refractivity contribution is -0.129. The van der Waals surface area contributed by atoms with Crippen molar-refractivity contribution in [2.24, 2.45) is 0 Å². The van der Waals surface area contributed by atoms with Crippen molar-refractivity contribution in [2.45, 2.75) is 25.6 Å². The van der Waals surface area contributed by atoms with Crippen LogP contribution in [0.2, 0.25) is 0 Å². The SMILES string of the molecule is CCC(Cl)C(=O)NC(C)=O. The summed E-state index contributed by atoms with van der Waals surface area (Å²) in [5.74, 6) is -0.791. The summed E-state index contributed by atoms with van der Waals surface area (Å²) in [6.07, 6.45) is 0.528. The lowest BCUT2D eigenvalue weighted by Crippen LogP contribution is -2.34. The molecule has 4 heteroatoms. The Hall–Kier alpha value is -0.570. The van der Waals surface area contributed by atoms with E-state index < -0.39 is 11.3 Å². The molecular formula is C6H10ClNO2. The van der Waals surface area contributed by atoms with Crippen LogP contribution in [0.15, 0.2) is 0 Å². The summed E-state index contributed by atoms with van der Waals surface area (Å²) in [7, 11) is 0. The number of hydrogen-bond acceptors (Lipinski definition) is 2. The van der Waals surface area contributed by atoms with E-state index in [1.165, 1.54) is 6.92 Å². The second-order valence-electron chi connectivity index (χ2n) is 1.92. The molecule has 58 valence electrons. The Morgan fingerprint density at radius 1 is 1.60 bits per heavy atom. The summed E-state index contributed by atoms with van der Waals surface area (Å²) in [4.78, 5) is 21.0. The molecule has 2 amide bonds. The van der Waals surface area contributed by atoms with E-state index in [2.05, 4.69) is 5.32 Å². The molecule has 0 radical (unpaired) electrons. The first-order valence-electron chi connectivity index (χ1n) is 3.03. The van der Waals surface area contributed by atoms with Gasteiger partial charge < -0.3 is 0 Å². The summed E-state index contributed by atoms with van der Waals surface area (Å²) >= 11 is 5.50. The standard InChI is InChI=1S/C6H10ClNO2/c1-3-5(7)6(10)8-4(2)9/h5H,3H2,1-2H3,(H,8,9,10). The van der Waals surface area contributed by atoms with Gasteiger partial charge in [-0.25, -0.2) is 0 Å². The highest BCUT2D eigenvalue weighted by Crippen LogP contribution is 1.99. The largest absolute Gasteiger partial charge is 0.295 e. The van der Waals surface area contributed by atoms with Crippen LogP contribution in [0.5, 0.6) is 0 Å². The number of nitrogens with one attached hydrogen (secondary N) is 1. The lowest BCUT2D eigenvalue weighted by atomic mass is 10.3. The molecule has 0 heterocycles. The average Bonchev–Trinajstić information content (AvgIpc) is 1.85. The van der Waals surface area contributed by atoms with Crippen LogP contribution in [-0.2, 0) is 9.59 Å². The van der Waals surface area contributed by atoms with Crippen LogP contribution in [0.25, 0.3) is 0 Å². The zero-order valence-corrected chi connectivity index (χ0v) is 6.73. The molecular weight excluding hydrogens is 154 g/mol. The van der Waals surface area contributed by atoms with E-state index in [1.807, 2.05) is 0 Å². The predicted molar refractivity (Wildman–Crippen MR) is 38.8 cm³/mol. The van der Waals surface area contributed by atoms with Crippen LogP contribution in [0.4, 0.5) is 0 Å². The van der Waals surface area contributed by atoms with Crippen molar-refractivity contribution in [1.82, 2.24) is 5.32 Å². The van der Waals surface area contributed by atoms with Crippen molar-refractivity contribution in [2.75, 3.05) is 0 Å². The van der Waals surface area contributed by atoms with Crippen LogP contribution < -0.4 is 5.32 Å². The molecule has 1 N–H and O–H groups in total.